The van der Waals surface area contributed by atoms with Crippen LogP contribution in [-0.2, 0) is 32.3 Å². The molecule has 166 valence electrons. The van der Waals surface area contributed by atoms with E-state index in [0.29, 0.717) is 15.8 Å². The fourth-order valence-electron chi connectivity index (χ4n) is 3.68. The van der Waals surface area contributed by atoms with Crippen molar-refractivity contribution < 1.29 is 32.3 Å². The third-order valence-electron chi connectivity index (χ3n) is 4.75. The lowest BCUT2D eigenvalue weighted by molar-refractivity contribution is -0.199. The summed E-state index contributed by atoms with van der Waals surface area (Å²) >= 11 is 5.24. The second-order valence-electron chi connectivity index (χ2n) is 7.27. The summed E-state index contributed by atoms with van der Waals surface area (Å²) in [6.45, 7) is 7.42. The Morgan fingerprint density at radius 3 is 2.60 bits per heavy atom. The minimum atomic E-state index is -3.69. The molecule has 2 saturated heterocycles. The van der Waals surface area contributed by atoms with Crippen molar-refractivity contribution in [1.29, 1.82) is 0 Å². The zero-order valence-corrected chi connectivity index (χ0v) is 18.9. The molecule has 2 aliphatic rings. The van der Waals surface area contributed by atoms with Crippen LogP contribution in [0.3, 0.4) is 0 Å². The quantitative estimate of drug-likeness (QED) is 0.465. The zero-order valence-electron chi connectivity index (χ0n) is 17.1. The second kappa shape index (κ2) is 8.36. The van der Waals surface area contributed by atoms with Crippen LogP contribution in [0.5, 0.6) is 0 Å². The Morgan fingerprint density at radius 2 is 1.90 bits per heavy atom. The molecule has 4 unspecified atom stereocenters. The van der Waals surface area contributed by atoms with Crippen molar-refractivity contribution >= 4 is 31.2 Å². The van der Waals surface area contributed by atoms with E-state index in [1.54, 1.807) is 24.7 Å². The van der Waals surface area contributed by atoms with E-state index in [0.717, 1.165) is 0 Å². The Bertz CT molecular complexity index is 1000. The van der Waals surface area contributed by atoms with Gasteiger partial charge in [-0.2, -0.15) is 0 Å². The highest BCUT2D eigenvalue weighted by Gasteiger charge is 2.56. The van der Waals surface area contributed by atoms with Crippen molar-refractivity contribution in [3.05, 3.63) is 17.3 Å². The van der Waals surface area contributed by atoms with E-state index in [2.05, 4.69) is 15.0 Å². The smallest absolute Gasteiger partial charge is 0.347 e. The monoisotopic (exact) mass is 460 g/mol. The lowest BCUT2D eigenvalue weighted by atomic mass is 10.1. The largest absolute Gasteiger partial charge is 0.474 e. The molecule has 2 fully saturated rings. The summed E-state index contributed by atoms with van der Waals surface area (Å²) in [5.41, 5.74) is 1.21. The van der Waals surface area contributed by atoms with Gasteiger partial charge in [0.2, 0.25) is 0 Å². The molecule has 4 rings (SSSR count). The van der Waals surface area contributed by atoms with Gasteiger partial charge in [0.05, 0.1) is 32.5 Å². The van der Waals surface area contributed by atoms with Crippen LogP contribution in [0.1, 0.15) is 33.9 Å². The van der Waals surface area contributed by atoms with Crippen molar-refractivity contribution in [1.82, 2.24) is 19.5 Å². The van der Waals surface area contributed by atoms with Crippen LogP contribution in [0, 0.1) is 4.64 Å². The minimum Gasteiger partial charge on any atom is -0.347 e. The summed E-state index contributed by atoms with van der Waals surface area (Å²) in [7, 11) is -3.69. The normalized spacial score (nSPS) is 28.3. The molecule has 0 aromatic carbocycles. The summed E-state index contributed by atoms with van der Waals surface area (Å²) in [5, 5.41) is 0. The lowest BCUT2D eigenvalue weighted by Gasteiger charge is -2.25. The average Bonchev–Trinajstić information content (AvgIpc) is 3.32. The van der Waals surface area contributed by atoms with Crippen LogP contribution in [0.4, 0.5) is 0 Å². The van der Waals surface area contributed by atoms with E-state index in [1.807, 2.05) is 13.8 Å². The van der Waals surface area contributed by atoms with E-state index in [4.69, 9.17) is 40.0 Å². The number of nitrogens with one attached hydrogen (secondary N) is 1. The Kier molecular flexibility index (Phi) is 6.12. The third kappa shape index (κ3) is 4.11. The first-order valence-electron chi connectivity index (χ1n) is 9.72. The van der Waals surface area contributed by atoms with E-state index >= 15 is 0 Å². The fraction of sp³-hybridized carbons (Fsp3) is 0.706. The molecule has 11 nitrogen and oxygen atoms in total. The van der Waals surface area contributed by atoms with Crippen LogP contribution >= 0.6 is 20.0 Å². The van der Waals surface area contributed by atoms with Crippen LogP contribution < -0.4 is 0 Å². The van der Waals surface area contributed by atoms with Gasteiger partial charge in [-0.25, -0.2) is 14.5 Å². The number of imidazole rings is 1. The van der Waals surface area contributed by atoms with Crippen molar-refractivity contribution in [3.8, 4) is 0 Å². The highest BCUT2D eigenvalue weighted by Crippen LogP contribution is 2.51. The predicted octanol–water partition coefficient (Wildman–Crippen LogP) is 3.10. The molecule has 13 heteroatoms. The number of phosphoric acid groups is 1. The first-order chi connectivity index (χ1) is 14.3. The van der Waals surface area contributed by atoms with Gasteiger partial charge in [0.1, 0.15) is 29.5 Å². The van der Waals surface area contributed by atoms with E-state index < -0.39 is 38.1 Å². The van der Waals surface area contributed by atoms with Crippen molar-refractivity contribution in [2.24, 2.45) is 0 Å². The SMILES string of the molecule is CCOP(=O)(OCC)OCC1OC(n2cnc3c(=S)nc[nH]c32)C2OC(C)(C)OC12. The van der Waals surface area contributed by atoms with Crippen LogP contribution in [-0.4, -0.2) is 63.4 Å². The van der Waals surface area contributed by atoms with Crippen LogP contribution in [0.15, 0.2) is 12.7 Å². The molecule has 0 aliphatic carbocycles. The number of hydrogen-bond acceptors (Lipinski definition) is 10. The van der Waals surface area contributed by atoms with Gasteiger partial charge in [0.25, 0.3) is 0 Å². The number of rotatable bonds is 8. The highest BCUT2D eigenvalue weighted by atomic mass is 32.1. The Balaban J connectivity index is 1.60. The summed E-state index contributed by atoms with van der Waals surface area (Å²) in [6.07, 6.45) is 1.08. The van der Waals surface area contributed by atoms with Gasteiger partial charge in [0.15, 0.2) is 16.7 Å². The molecule has 0 saturated carbocycles. The molecule has 0 spiro atoms. The molecule has 2 aromatic heterocycles. The van der Waals surface area contributed by atoms with Crippen LogP contribution in [0.2, 0.25) is 0 Å². The molecule has 0 amide bonds. The average molecular weight is 460 g/mol. The summed E-state index contributed by atoms with van der Waals surface area (Å²) in [4.78, 5) is 11.4. The van der Waals surface area contributed by atoms with Gasteiger partial charge in [-0.1, -0.05) is 12.2 Å². The van der Waals surface area contributed by atoms with E-state index in [-0.39, 0.29) is 19.8 Å². The molecule has 4 atom stereocenters. The minimum absolute atomic E-state index is 0.0570. The summed E-state index contributed by atoms with van der Waals surface area (Å²) in [6, 6.07) is 0. The maximum absolute atomic E-state index is 12.7. The molecular formula is C17H25N4O7PS. The number of aromatic amines is 1. The van der Waals surface area contributed by atoms with Gasteiger partial charge < -0.3 is 19.2 Å². The second-order valence-corrected chi connectivity index (χ2v) is 9.32. The Hall–Kier alpha value is -1.24. The number of phosphoric ester groups is 1. The number of nitrogens with zero attached hydrogens (tertiary/aromatic N) is 3. The molecule has 2 aromatic rings. The maximum atomic E-state index is 12.7. The molecule has 30 heavy (non-hydrogen) atoms. The molecule has 4 heterocycles. The Labute approximate surface area is 178 Å². The Morgan fingerprint density at radius 1 is 1.20 bits per heavy atom. The topological polar surface area (TPSA) is 119 Å². The van der Waals surface area contributed by atoms with Crippen molar-refractivity contribution in [2.75, 3.05) is 19.8 Å². The molecule has 2 aliphatic heterocycles. The number of ether oxygens (including phenoxy) is 3. The third-order valence-corrected chi connectivity index (χ3v) is 6.66. The van der Waals surface area contributed by atoms with Crippen molar-refractivity contribution in [3.63, 3.8) is 0 Å². The van der Waals surface area contributed by atoms with Crippen LogP contribution in [0.25, 0.3) is 11.2 Å². The number of aromatic nitrogens is 4. The first kappa shape index (κ1) is 22.0. The van der Waals surface area contributed by atoms with Gasteiger partial charge in [0, 0.05) is 0 Å². The zero-order chi connectivity index (χ0) is 21.5. The standard InChI is InChI=1S/C17H25N4O7PS/c1-5-23-29(22,24-6-2)25-7-10-12-13(28-17(3,4)27-12)16(26-10)21-9-20-11-14(21)18-8-19-15(11)30/h8-10,12-13,16H,5-7H2,1-4H3,(H,18,19,30). The first-order valence-corrected chi connectivity index (χ1v) is 11.6. The molecular weight excluding hydrogens is 435 g/mol. The van der Waals surface area contributed by atoms with Gasteiger partial charge in [-0.15, -0.1) is 0 Å². The van der Waals surface area contributed by atoms with Crippen molar-refractivity contribution in [2.45, 2.75) is 58.0 Å². The molecule has 0 radical (unpaired) electrons. The lowest BCUT2D eigenvalue weighted by Crippen LogP contribution is -2.32. The van der Waals surface area contributed by atoms with E-state index in [9.17, 15) is 4.57 Å². The molecule has 0 bridgehead atoms. The van der Waals surface area contributed by atoms with Gasteiger partial charge in [-0.3, -0.25) is 18.1 Å². The predicted molar refractivity (Wildman–Crippen MR) is 107 cm³/mol. The summed E-state index contributed by atoms with van der Waals surface area (Å²) < 4.78 is 49.2. The highest BCUT2D eigenvalue weighted by molar-refractivity contribution is 7.71. The summed E-state index contributed by atoms with van der Waals surface area (Å²) in [5.74, 6) is -0.815. The number of hydrogen-bond donors (Lipinski definition) is 1. The fourth-order valence-corrected chi connectivity index (χ4v) is 5.06. The number of fused-ring (bicyclic) bond motifs is 2. The van der Waals surface area contributed by atoms with Gasteiger partial charge in [-0.05, 0) is 27.7 Å². The van der Waals surface area contributed by atoms with Gasteiger partial charge >= 0.3 is 7.82 Å². The maximum Gasteiger partial charge on any atom is 0.474 e. The molecule has 1 N–H and O–H groups in total. The van der Waals surface area contributed by atoms with E-state index in [1.165, 1.54) is 6.33 Å². The number of H-pyrrole nitrogens is 1.